The molecule has 0 saturated carbocycles. The van der Waals surface area contributed by atoms with Crippen LogP contribution in [0.4, 0.5) is 0 Å². The van der Waals surface area contributed by atoms with Crippen molar-refractivity contribution in [2.24, 2.45) is 0 Å². The number of benzene rings is 2. The molecule has 0 radical (unpaired) electrons. The van der Waals surface area contributed by atoms with Crippen molar-refractivity contribution in [3.05, 3.63) is 58.6 Å². The van der Waals surface area contributed by atoms with Gasteiger partial charge in [0.25, 0.3) is 0 Å². The zero-order chi connectivity index (χ0) is 13.0. The van der Waals surface area contributed by atoms with Gasteiger partial charge in [-0.25, -0.2) is 0 Å². The molecule has 0 fully saturated rings. The lowest BCUT2D eigenvalue weighted by Crippen LogP contribution is -2.11. The maximum atomic E-state index is 6.15. The Kier molecular flexibility index (Phi) is 4.40. The molecule has 0 heterocycles. The lowest BCUT2D eigenvalue weighted by Gasteiger charge is -2.06. The van der Waals surface area contributed by atoms with Crippen LogP contribution in [0.2, 0.25) is 5.02 Å². The molecule has 0 spiro atoms. The Morgan fingerprint density at radius 2 is 1.67 bits per heavy atom. The van der Waals surface area contributed by atoms with E-state index in [4.69, 9.17) is 11.6 Å². The summed E-state index contributed by atoms with van der Waals surface area (Å²) in [6, 6.07) is 14.8. The van der Waals surface area contributed by atoms with Gasteiger partial charge in [0.15, 0.2) is 0 Å². The average molecular weight is 260 g/mol. The molecule has 0 saturated heterocycles. The summed E-state index contributed by atoms with van der Waals surface area (Å²) in [5, 5.41) is 4.14. The number of rotatable bonds is 4. The van der Waals surface area contributed by atoms with Gasteiger partial charge in [0.2, 0.25) is 0 Å². The predicted octanol–water partition coefficient (Wildman–Crippen LogP) is 4.42. The molecule has 2 aromatic rings. The normalized spacial score (nSPS) is 10.6. The monoisotopic (exact) mass is 259 g/mol. The van der Waals surface area contributed by atoms with Gasteiger partial charge >= 0.3 is 0 Å². The molecule has 0 aliphatic rings. The molecule has 0 atom stereocenters. The average Bonchev–Trinajstić information content (AvgIpc) is 2.40. The van der Waals surface area contributed by atoms with Crippen molar-refractivity contribution >= 4 is 11.6 Å². The lowest BCUT2D eigenvalue weighted by atomic mass is 10.0. The van der Waals surface area contributed by atoms with Crippen LogP contribution in [-0.2, 0) is 6.54 Å². The standard InChI is InChI=1S/C16H18ClN/c1-3-18-11-13-5-8-14(9-6-13)15-7-4-12(2)16(17)10-15/h4-10,18H,3,11H2,1-2H3. The summed E-state index contributed by atoms with van der Waals surface area (Å²) in [6.45, 7) is 6.05. The van der Waals surface area contributed by atoms with Crippen LogP contribution in [-0.4, -0.2) is 6.54 Å². The minimum absolute atomic E-state index is 0.823. The number of aryl methyl sites for hydroxylation is 1. The minimum Gasteiger partial charge on any atom is -0.313 e. The molecule has 1 N–H and O–H groups in total. The molecule has 2 heteroatoms. The van der Waals surface area contributed by atoms with E-state index in [1.165, 1.54) is 16.7 Å². The zero-order valence-corrected chi connectivity index (χ0v) is 11.6. The van der Waals surface area contributed by atoms with E-state index in [0.29, 0.717) is 0 Å². The summed E-state index contributed by atoms with van der Waals surface area (Å²) in [5.74, 6) is 0. The van der Waals surface area contributed by atoms with E-state index in [2.05, 4.69) is 48.6 Å². The number of nitrogens with one attached hydrogen (secondary N) is 1. The quantitative estimate of drug-likeness (QED) is 0.857. The molecule has 0 aliphatic heterocycles. The Labute approximate surface area is 114 Å². The molecule has 0 aromatic heterocycles. The van der Waals surface area contributed by atoms with Crippen LogP contribution >= 0.6 is 11.6 Å². The van der Waals surface area contributed by atoms with Crippen LogP contribution in [0, 0.1) is 6.92 Å². The van der Waals surface area contributed by atoms with Crippen molar-refractivity contribution in [1.29, 1.82) is 0 Å². The smallest absolute Gasteiger partial charge is 0.0441 e. The molecular formula is C16H18ClN. The van der Waals surface area contributed by atoms with Gasteiger partial charge in [-0.3, -0.25) is 0 Å². The van der Waals surface area contributed by atoms with E-state index < -0.39 is 0 Å². The van der Waals surface area contributed by atoms with E-state index in [9.17, 15) is 0 Å². The van der Waals surface area contributed by atoms with Crippen LogP contribution in [0.5, 0.6) is 0 Å². The highest BCUT2D eigenvalue weighted by atomic mass is 35.5. The first-order valence-corrected chi connectivity index (χ1v) is 6.64. The van der Waals surface area contributed by atoms with Crippen LogP contribution < -0.4 is 5.32 Å². The van der Waals surface area contributed by atoms with Crippen LogP contribution in [0.1, 0.15) is 18.1 Å². The van der Waals surface area contributed by atoms with Crippen molar-refractivity contribution in [1.82, 2.24) is 5.32 Å². The second-order valence-corrected chi connectivity index (χ2v) is 4.85. The highest BCUT2D eigenvalue weighted by Gasteiger charge is 2.01. The third kappa shape index (κ3) is 3.12. The van der Waals surface area contributed by atoms with Gasteiger partial charge in [-0.1, -0.05) is 54.9 Å². The van der Waals surface area contributed by atoms with Gasteiger partial charge in [0, 0.05) is 11.6 Å². The molecule has 0 unspecified atom stereocenters. The third-order valence-electron chi connectivity index (χ3n) is 3.04. The zero-order valence-electron chi connectivity index (χ0n) is 10.8. The first-order chi connectivity index (χ1) is 8.70. The van der Waals surface area contributed by atoms with E-state index in [0.717, 1.165) is 23.7 Å². The minimum atomic E-state index is 0.823. The number of hydrogen-bond donors (Lipinski definition) is 1. The van der Waals surface area contributed by atoms with Gasteiger partial charge in [0.05, 0.1) is 0 Å². The van der Waals surface area contributed by atoms with Gasteiger partial charge < -0.3 is 5.32 Å². The van der Waals surface area contributed by atoms with Crippen molar-refractivity contribution < 1.29 is 0 Å². The second-order valence-electron chi connectivity index (χ2n) is 4.44. The van der Waals surface area contributed by atoms with Gasteiger partial charge in [-0.2, -0.15) is 0 Å². The summed E-state index contributed by atoms with van der Waals surface area (Å²) >= 11 is 6.15. The second kappa shape index (κ2) is 6.03. The van der Waals surface area contributed by atoms with E-state index >= 15 is 0 Å². The van der Waals surface area contributed by atoms with Crippen LogP contribution in [0.25, 0.3) is 11.1 Å². The fraction of sp³-hybridized carbons (Fsp3) is 0.250. The van der Waals surface area contributed by atoms with Gasteiger partial charge in [-0.15, -0.1) is 0 Å². The Balaban J connectivity index is 2.20. The summed E-state index contributed by atoms with van der Waals surface area (Å²) in [6.07, 6.45) is 0. The Hall–Kier alpha value is -1.31. The van der Waals surface area contributed by atoms with E-state index in [1.807, 2.05) is 13.0 Å². The van der Waals surface area contributed by atoms with Gasteiger partial charge in [-0.05, 0) is 41.8 Å². The lowest BCUT2D eigenvalue weighted by molar-refractivity contribution is 0.727. The third-order valence-corrected chi connectivity index (χ3v) is 3.45. The molecule has 1 nitrogen and oxygen atoms in total. The number of halogens is 1. The Bertz CT molecular complexity index is 517. The topological polar surface area (TPSA) is 12.0 Å². The van der Waals surface area contributed by atoms with Gasteiger partial charge in [0.1, 0.15) is 0 Å². The Morgan fingerprint density at radius 3 is 2.28 bits per heavy atom. The summed E-state index contributed by atoms with van der Waals surface area (Å²) < 4.78 is 0. The SMILES string of the molecule is CCNCc1ccc(-c2ccc(C)c(Cl)c2)cc1. The van der Waals surface area contributed by atoms with E-state index in [-0.39, 0.29) is 0 Å². The summed E-state index contributed by atoms with van der Waals surface area (Å²) in [7, 11) is 0. The van der Waals surface area contributed by atoms with Crippen molar-refractivity contribution in [3.63, 3.8) is 0 Å². The van der Waals surface area contributed by atoms with E-state index in [1.54, 1.807) is 0 Å². The first kappa shape index (κ1) is 13.1. The highest BCUT2D eigenvalue weighted by Crippen LogP contribution is 2.25. The largest absolute Gasteiger partial charge is 0.313 e. The molecule has 0 amide bonds. The highest BCUT2D eigenvalue weighted by molar-refractivity contribution is 6.31. The van der Waals surface area contributed by atoms with Crippen LogP contribution in [0.3, 0.4) is 0 Å². The molecule has 0 bridgehead atoms. The fourth-order valence-electron chi connectivity index (χ4n) is 1.86. The molecule has 18 heavy (non-hydrogen) atoms. The predicted molar refractivity (Wildman–Crippen MR) is 79.0 cm³/mol. The fourth-order valence-corrected chi connectivity index (χ4v) is 2.04. The summed E-state index contributed by atoms with van der Waals surface area (Å²) in [4.78, 5) is 0. The first-order valence-electron chi connectivity index (χ1n) is 6.27. The molecular weight excluding hydrogens is 242 g/mol. The van der Waals surface area contributed by atoms with Crippen LogP contribution in [0.15, 0.2) is 42.5 Å². The number of hydrogen-bond acceptors (Lipinski definition) is 1. The van der Waals surface area contributed by atoms with Crippen molar-refractivity contribution in [2.75, 3.05) is 6.54 Å². The maximum absolute atomic E-state index is 6.15. The molecule has 0 aliphatic carbocycles. The molecule has 2 aromatic carbocycles. The Morgan fingerprint density at radius 1 is 1.00 bits per heavy atom. The van der Waals surface area contributed by atoms with Crippen molar-refractivity contribution in [3.8, 4) is 11.1 Å². The summed E-state index contributed by atoms with van der Waals surface area (Å²) in [5.41, 5.74) is 4.79. The van der Waals surface area contributed by atoms with Crippen molar-refractivity contribution in [2.45, 2.75) is 20.4 Å². The maximum Gasteiger partial charge on any atom is 0.0441 e. The molecule has 2 rings (SSSR count). The molecule has 94 valence electrons.